The van der Waals surface area contributed by atoms with E-state index in [2.05, 4.69) is 10.6 Å². The smallest absolute Gasteiger partial charge is 0.221 e. The number of rotatable bonds is 8. The Morgan fingerprint density at radius 1 is 1.53 bits per heavy atom. The summed E-state index contributed by atoms with van der Waals surface area (Å²) in [6.07, 6.45) is 0.932. The molecule has 0 bridgehead atoms. The molecule has 0 aliphatic heterocycles. The Morgan fingerprint density at radius 2 is 2.35 bits per heavy atom. The Balaban J connectivity index is 2.06. The first-order chi connectivity index (χ1) is 8.24. The molecule has 1 amide bonds. The molecular weight excluding hydrogens is 236 g/mol. The summed E-state index contributed by atoms with van der Waals surface area (Å²) in [5.74, 6) is 0.0602. The van der Waals surface area contributed by atoms with Crippen LogP contribution in [0.4, 0.5) is 0 Å². The van der Waals surface area contributed by atoms with Gasteiger partial charge in [-0.2, -0.15) is 0 Å². The van der Waals surface area contributed by atoms with E-state index in [4.69, 9.17) is 0 Å². The van der Waals surface area contributed by atoms with E-state index >= 15 is 0 Å². The Morgan fingerprint density at radius 3 is 3.00 bits per heavy atom. The summed E-state index contributed by atoms with van der Waals surface area (Å²) in [6.45, 7) is 3.84. The van der Waals surface area contributed by atoms with Crippen LogP contribution in [0.15, 0.2) is 17.5 Å². The number of carbonyl (C=O) groups excluding carboxylic acids is 1. The van der Waals surface area contributed by atoms with E-state index in [-0.39, 0.29) is 5.91 Å². The normalized spacial score (nSPS) is 12.4. The molecule has 4 nitrogen and oxygen atoms in total. The highest BCUT2D eigenvalue weighted by Crippen LogP contribution is 2.17. The number of aliphatic hydroxyl groups excluding tert-OH is 1. The fourth-order valence-corrected chi connectivity index (χ4v) is 2.09. The van der Waals surface area contributed by atoms with Gasteiger partial charge in [0.25, 0.3) is 0 Å². The van der Waals surface area contributed by atoms with Crippen molar-refractivity contribution < 1.29 is 9.90 Å². The molecule has 1 unspecified atom stereocenters. The van der Waals surface area contributed by atoms with Crippen LogP contribution in [0.1, 0.15) is 30.7 Å². The van der Waals surface area contributed by atoms with E-state index < -0.39 is 6.10 Å². The van der Waals surface area contributed by atoms with Gasteiger partial charge in [-0.3, -0.25) is 4.79 Å². The lowest BCUT2D eigenvalue weighted by molar-refractivity contribution is -0.121. The molecule has 1 rings (SSSR count). The summed E-state index contributed by atoms with van der Waals surface area (Å²) in [4.78, 5) is 12.2. The Bertz CT molecular complexity index is 314. The van der Waals surface area contributed by atoms with Crippen LogP contribution in [0.3, 0.4) is 0 Å². The highest BCUT2D eigenvalue weighted by molar-refractivity contribution is 7.10. The van der Waals surface area contributed by atoms with Crippen LogP contribution in [0.25, 0.3) is 0 Å². The highest BCUT2D eigenvalue weighted by atomic mass is 32.1. The fraction of sp³-hybridized carbons (Fsp3) is 0.583. The lowest BCUT2D eigenvalue weighted by Crippen LogP contribution is -2.29. The summed E-state index contributed by atoms with van der Waals surface area (Å²) in [5, 5.41) is 17.6. The molecule has 0 radical (unpaired) electrons. The van der Waals surface area contributed by atoms with Crippen molar-refractivity contribution in [3.8, 4) is 0 Å². The SMILES string of the molecule is CCCNC(=O)CCNCC(O)c1cccs1. The summed E-state index contributed by atoms with van der Waals surface area (Å²) in [7, 11) is 0. The van der Waals surface area contributed by atoms with Gasteiger partial charge in [0, 0.05) is 30.9 Å². The zero-order valence-corrected chi connectivity index (χ0v) is 10.9. The van der Waals surface area contributed by atoms with Gasteiger partial charge in [0.2, 0.25) is 5.91 Å². The average molecular weight is 256 g/mol. The number of hydrogen-bond donors (Lipinski definition) is 3. The molecule has 1 aromatic rings. The van der Waals surface area contributed by atoms with Crippen molar-refractivity contribution in [2.24, 2.45) is 0 Å². The van der Waals surface area contributed by atoms with Gasteiger partial charge in [-0.05, 0) is 17.9 Å². The molecule has 96 valence electrons. The maximum Gasteiger partial charge on any atom is 0.221 e. The second-order valence-electron chi connectivity index (χ2n) is 3.84. The van der Waals surface area contributed by atoms with Gasteiger partial charge in [0.15, 0.2) is 0 Å². The van der Waals surface area contributed by atoms with E-state index in [0.29, 0.717) is 19.5 Å². The molecule has 1 heterocycles. The van der Waals surface area contributed by atoms with Crippen LogP contribution in [0.5, 0.6) is 0 Å². The highest BCUT2D eigenvalue weighted by Gasteiger charge is 2.07. The van der Waals surface area contributed by atoms with Crippen molar-refractivity contribution in [3.05, 3.63) is 22.4 Å². The van der Waals surface area contributed by atoms with Crippen molar-refractivity contribution in [1.82, 2.24) is 10.6 Å². The quantitative estimate of drug-likeness (QED) is 0.614. The second-order valence-corrected chi connectivity index (χ2v) is 4.81. The van der Waals surface area contributed by atoms with Gasteiger partial charge in [-0.25, -0.2) is 0 Å². The Kier molecular flexibility index (Phi) is 6.84. The standard InChI is InChI=1S/C12H20N2O2S/c1-2-6-14-12(16)5-7-13-9-10(15)11-4-3-8-17-11/h3-4,8,10,13,15H,2,5-7,9H2,1H3,(H,14,16). The zero-order valence-electron chi connectivity index (χ0n) is 10.1. The monoisotopic (exact) mass is 256 g/mol. The predicted molar refractivity (Wildman–Crippen MR) is 70.1 cm³/mol. The van der Waals surface area contributed by atoms with Crippen molar-refractivity contribution in [3.63, 3.8) is 0 Å². The first-order valence-electron chi connectivity index (χ1n) is 5.93. The van der Waals surface area contributed by atoms with Gasteiger partial charge >= 0.3 is 0 Å². The maximum atomic E-state index is 11.3. The Hall–Kier alpha value is -0.910. The largest absolute Gasteiger partial charge is 0.386 e. The van der Waals surface area contributed by atoms with Crippen molar-refractivity contribution in [1.29, 1.82) is 0 Å². The van der Waals surface area contributed by atoms with Gasteiger partial charge in [-0.15, -0.1) is 11.3 Å². The maximum absolute atomic E-state index is 11.3. The van der Waals surface area contributed by atoms with Gasteiger partial charge in [0.1, 0.15) is 6.10 Å². The van der Waals surface area contributed by atoms with E-state index in [1.807, 2.05) is 24.4 Å². The number of thiophene rings is 1. The predicted octanol–water partition coefficient (Wildman–Crippen LogP) is 1.29. The van der Waals surface area contributed by atoms with Crippen LogP contribution in [-0.2, 0) is 4.79 Å². The number of carbonyl (C=O) groups is 1. The molecule has 0 spiro atoms. The second kappa shape index (κ2) is 8.22. The third-order valence-electron chi connectivity index (χ3n) is 2.31. The van der Waals surface area contributed by atoms with Crippen molar-refractivity contribution in [2.75, 3.05) is 19.6 Å². The molecule has 5 heteroatoms. The minimum absolute atomic E-state index is 0.0602. The molecule has 3 N–H and O–H groups in total. The summed E-state index contributed by atoms with van der Waals surface area (Å²) >= 11 is 1.54. The van der Waals surface area contributed by atoms with E-state index in [0.717, 1.165) is 17.8 Å². The van der Waals surface area contributed by atoms with E-state index in [1.54, 1.807) is 0 Å². The third kappa shape index (κ3) is 5.81. The molecule has 17 heavy (non-hydrogen) atoms. The molecule has 1 atom stereocenters. The molecule has 0 saturated carbocycles. The van der Waals surface area contributed by atoms with Crippen LogP contribution >= 0.6 is 11.3 Å². The van der Waals surface area contributed by atoms with E-state index in [1.165, 1.54) is 11.3 Å². The Labute approximate surface area is 106 Å². The lowest BCUT2D eigenvalue weighted by atomic mass is 10.3. The van der Waals surface area contributed by atoms with Crippen LogP contribution in [-0.4, -0.2) is 30.6 Å². The summed E-state index contributed by atoms with van der Waals surface area (Å²) in [6, 6.07) is 3.83. The molecule has 0 aliphatic carbocycles. The summed E-state index contributed by atoms with van der Waals surface area (Å²) in [5.41, 5.74) is 0. The number of nitrogens with one attached hydrogen (secondary N) is 2. The van der Waals surface area contributed by atoms with Gasteiger partial charge in [-0.1, -0.05) is 13.0 Å². The van der Waals surface area contributed by atoms with Crippen molar-refractivity contribution >= 4 is 17.2 Å². The number of hydrogen-bond acceptors (Lipinski definition) is 4. The van der Waals surface area contributed by atoms with Crippen molar-refractivity contribution in [2.45, 2.75) is 25.9 Å². The van der Waals surface area contributed by atoms with Gasteiger partial charge < -0.3 is 15.7 Å². The first kappa shape index (κ1) is 14.2. The van der Waals surface area contributed by atoms with Crippen LogP contribution < -0.4 is 10.6 Å². The van der Waals surface area contributed by atoms with E-state index in [9.17, 15) is 9.90 Å². The average Bonchev–Trinajstić information content (AvgIpc) is 2.85. The number of amides is 1. The van der Waals surface area contributed by atoms with Crippen LogP contribution in [0.2, 0.25) is 0 Å². The zero-order chi connectivity index (χ0) is 12.5. The molecule has 0 fully saturated rings. The fourth-order valence-electron chi connectivity index (χ4n) is 1.37. The number of aliphatic hydroxyl groups is 1. The lowest BCUT2D eigenvalue weighted by Gasteiger charge is -2.10. The summed E-state index contributed by atoms with van der Waals surface area (Å²) < 4.78 is 0. The molecular formula is C12H20N2O2S. The minimum Gasteiger partial charge on any atom is -0.386 e. The third-order valence-corrected chi connectivity index (χ3v) is 3.28. The molecule has 0 saturated heterocycles. The first-order valence-corrected chi connectivity index (χ1v) is 6.81. The molecule has 1 aromatic heterocycles. The molecule has 0 aromatic carbocycles. The van der Waals surface area contributed by atoms with Gasteiger partial charge in [0.05, 0.1) is 0 Å². The minimum atomic E-state index is -0.478. The topological polar surface area (TPSA) is 61.4 Å². The van der Waals surface area contributed by atoms with Crippen LogP contribution in [0, 0.1) is 0 Å². The molecule has 0 aliphatic rings.